The fourth-order valence-corrected chi connectivity index (χ4v) is 2.90. The number of pyridine rings is 1. The zero-order chi connectivity index (χ0) is 17.4. The van der Waals surface area contributed by atoms with Gasteiger partial charge in [0.15, 0.2) is 6.29 Å². The molecular formula is C16H20N2O6. The lowest BCUT2D eigenvalue weighted by Crippen LogP contribution is -2.61. The van der Waals surface area contributed by atoms with E-state index in [9.17, 15) is 20.1 Å². The molecule has 1 aliphatic rings. The van der Waals surface area contributed by atoms with Gasteiger partial charge in [-0.1, -0.05) is 6.07 Å². The van der Waals surface area contributed by atoms with Gasteiger partial charge in [-0.15, -0.1) is 0 Å². The van der Waals surface area contributed by atoms with Gasteiger partial charge in [0.25, 0.3) is 5.56 Å². The van der Waals surface area contributed by atoms with Crippen LogP contribution in [0.5, 0.6) is 0 Å². The Bertz CT molecular complexity index is 792. The van der Waals surface area contributed by atoms with Crippen molar-refractivity contribution in [3.63, 3.8) is 0 Å². The molecule has 130 valence electrons. The van der Waals surface area contributed by atoms with Gasteiger partial charge in [0.05, 0.1) is 12.1 Å². The second kappa shape index (κ2) is 6.50. The molecule has 0 saturated carbocycles. The summed E-state index contributed by atoms with van der Waals surface area (Å²) in [6, 6.07) is 7.44. The molecule has 1 fully saturated rings. The summed E-state index contributed by atoms with van der Waals surface area (Å²) in [6.45, 7) is -0.514. The van der Waals surface area contributed by atoms with Crippen molar-refractivity contribution in [3.05, 3.63) is 40.7 Å². The Hall–Kier alpha value is -1.97. The van der Waals surface area contributed by atoms with E-state index in [-0.39, 0.29) is 5.56 Å². The molecule has 1 aromatic carbocycles. The smallest absolute Gasteiger partial charge is 0.250 e. The van der Waals surface area contributed by atoms with Gasteiger partial charge in [-0.05, 0) is 23.6 Å². The summed E-state index contributed by atoms with van der Waals surface area (Å²) in [5.41, 5.74) is 1.08. The number of rotatable bonds is 3. The van der Waals surface area contributed by atoms with Crippen molar-refractivity contribution in [3.8, 4) is 0 Å². The minimum atomic E-state index is -1.41. The topological polar surface area (TPSA) is 124 Å². The predicted molar refractivity (Wildman–Crippen MR) is 86.6 cm³/mol. The summed E-state index contributed by atoms with van der Waals surface area (Å²) in [7, 11) is 1.65. The fourth-order valence-electron chi connectivity index (χ4n) is 2.90. The van der Waals surface area contributed by atoms with E-state index in [0.29, 0.717) is 11.2 Å². The summed E-state index contributed by atoms with van der Waals surface area (Å²) in [4.78, 5) is 11.7. The van der Waals surface area contributed by atoms with Crippen molar-refractivity contribution in [1.82, 2.24) is 4.57 Å². The van der Waals surface area contributed by atoms with Crippen LogP contribution in [0, 0.1) is 0 Å². The number of aromatic nitrogens is 1. The normalized spacial score (nSPS) is 30.5. The number of benzene rings is 1. The third kappa shape index (κ3) is 2.90. The van der Waals surface area contributed by atoms with Gasteiger partial charge in [0.2, 0.25) is 0 Å². The molecule has 24 heavy (non-hydrogen) atoms. The molecule has 5 atom stereocenters. The van der Waals surface area contributed by atoms with E-state index in [1.165, 1.54) is 10.6 Å². The largest absolute Gasteiger partial charge is 0.394 e. The van der Waals surface area contributed by atoms with E-state index in [1.807, 2.05) is 0 Å². The SMILES string of the molecule is Cn1c(=O)ccc2ccc(N[C@@H]3C(O)OC(CO)[C@@H](O)C3O)cc21. The van der Waals surface area contributed by atoms with Crippen LogP contribution in [0.25, 0.3) is 10.9 Å². The van der Waals surface area contributed by atoms with Crippen LogP contribution in [-0.4, -0.2) is 62.2 Å². The number of anilines is 1. The van der Waals surface area contributed by atoms with Crippen molar-refractivity contribution < 1.29 is 25.2 Å². The highest BCUT2D eigenvalue weighted by Gasteiger charge is 2.43. The minimum absolute atomic E-state index is 0.151. The molecule has 3 rings (SSSR count). The van der Waals surface area contributed by atoms with Gasteiger partial charge in [0, 0.05) is 18.8 Å². The summed E-state index contributed by atoms with van der Waals surface area (Å²) in [5, 5.41) is 43.0. The Morgan fingerprint density at radius 2 is 1.88 bits per heavy atom. The number of nitrogens with zero attached hydrogens (tertiary/aromatic N) is 1. The van der Waals surface area contributed by atoms with Gasteiger partial charge >= 0.3 is 0 Å². The number of ether oxygens (including phenoxy) is 1. The first-order valence-corrected chi connectivity index (χ1v) is 7.59. The Morgan fingerprint density at radius 3 is 2.58 bits per heavy atom. The molecule has 2 aromatic rings. The average Bonchev–Trinajstić information content (AvgIpc) is 2.58. The number of fused-ring (bicyclic) bond motifs is 1. The Labute approximate surface area is 137 Å². The molecule has 0 aliphatic carbocycles. The van der Waals surface area contributed by atoms with Crippen LogP contribution in [0.15, 0.2) is 35.1 Å². The highest BCUT2D eigenvalue weighted by molar-refractivity contribution is 5.82. The molecule has 2 heterocycles. The van der Waals surface area contributed by atoms with Crippen LogP contribution < -0.4 is 10.9 Å². The fraction of sp³-hybridized carbons (Fsp3) is 0.438. The molecule has 8 nitrogen and oxygen atoms in total. The van der Waals surface area contributed by atoms with Gasteiger partial charge in [-0.2, -0.15) is 0 Å². The molecular weight excluding hydrogens is 316 g/mol. The zero-order valence-electron chi connectivity index (χ0n) is 13.0. The van der Waals surface area contributed by atoms with Gasteiger partial charge < -0.3 is 35.0 Å². The average molecular weight is 336 g/mol. The van der Waals surface area contributed by atoms with Crippen molar-refractivity contribution in [2.24, 2.45) is 7.05 Å². The van der Waals surface area contributed by atoms with E-state index >= 15 is 0 Å². The molecule has 1 aliphatic heterocycles. The van der Waals surface area contributed by atoms with Crippen LogP contribution in [0.3, 0.4) is 0 Å². The molecule has 1 aromatic heterocycles. The summed E-state index contributed by atoms with van der Waals surface area (Å²) in [5.74, 6) is 0. The lowest BCUT2D eigenvalue weighted by atomic mass is 9.97. The summed E-state index contributed by atoms with van der Waals surface area (Å²) >= 11 is 0. The number of hydrogen-bond donors (Lipinski definition) is 5. The van der Waals surface area contributed by atoms with Crippen molar-refractivity contribution in [2.45, 2.75) is 30.6 Å². The quantitative estimate of drug-likeness (QED) is 0.474. The van der Waals surface area contributed by atoms with Crippen molar-refractivity contribution >= 4 is 16.6 Å². The second-order valence-electron chi connectivity index (χ2n) is 5.90. The van der Waals surface area contributed by atoms with Crippen LogP contribution >= 0.6 is 0 Å². The number of aliphatic hydroxyl groups excluding tert-OH is 4. The van der Waals surface area contributed by atoms with Crippen LogP contribution in [-0.2, 0) is 11.8 Å². The number of hydrogen-bond acceptors (Lipinski definition) is 7. The summed E-state index contributed by atoms with van der Waals surface area (Å²) in [6.07, 6.45) is -5.12. The van der Waals surface area contributed by atoms with Gasteiger partial charge in [-0.25, -0.2) is 0 Å². The molecule has 0 radical (unpaired) electrons. The maximum atomic E-state index is 11.7. The summed E-state index contributed by atoms with van der Waals surface area (Å²) < 4.78 is 6.60. The van der Waals surface area contributed by atoms with E-state index in [1.54, 1.807) is 31.3 Å². The molecule has 0 amide bonds. The lowest BCUT2D eigenvalue weighted by Gasteiger charge is -2.40. The molecule has 0 spiro atoms. The third-order valence-corrected chi connectivity index (χ3v) is 4.36. The zero-order valence-corrected chi connectivity index (χ0v) is 13.0. The van der Waals surface area contributed by atoms with Gasteiger partial charge in [0.1, 0.15) is 24.4 Å². The lowest BCUT2D eigenvalue weighted by molar-refractivity contribution is -0.245. The highest BCUT2D eigenvalue weighted by Crippen LogP contribution is 2.24. The Kier molecular flexibility index (Phi) is 4.57. The maximum Gasteiger partial charge on any atom is 0.250 e. The molecule has 1 saturated heterocycles. The monoisotopic (exact) mass is 336 g/mol. The van der Waals surface area contributed by atoms with E-state index in [4.69, 9.17) is 9.84 Å². The first-order valence-electron chi connectivity index (χ1n) is 7.59. The molecule has 0 bridgehead atoms. The molecule has 8 heteroatoms. The Morgan fingerprint density at radius 1 is 1.17 bits per heavy atom. The van der Waals surface area contributed by atoms with Crippen LogP contribution in [0.4, 0.5) is 5.69 Å². The van der Waals surface area contributed by atoms with Crippen LogP contribution in [0.1, 0.15) is 0 Å². The number of aryl methyl sites for hydroxylation is 1. The predicted octanol–water partition coefficient (Wildman–Crippen LogP) is -1.25. The first-order chi connectivity index (χ1) is 11.4. The first kappa shape index (κ1) is 16.9. The van der Waals surface area contributed by atoms with Crippen molar-refractivity contribution in [1.29, 1.82) is 0 Å². The second-order valence-corrected chi connectivity index (χ2v) is 5.90. The van der Waals surface area contributed by atoms with E-state index in [2.05, 4.69) is 5.32 Å². The standard InChI is InChI=1S/C16H20N2O6/c1-18-10-6-9(4-2-8(10)3-5-12(18)20)17-13-15(22)14(21)11(7-19)24-16(13)23/h2-6,11,13-17,19,21-23H,7H2,1H3/t11?,13-,14+,15?,16?/m0/s1. The Balaban J connectivity index is 1.89. The van der Waals surface area contributed by atoms with Gasteiger partial charge in [-0.3, -0.25) is 4.79 Å². The third-order valence-electron chi connectivity index (χ3n) is 4.36. The number of aliphatic hydroxyl groups is 4. The minimum Gasteiger partial charge on any atom is -0.394 e. The van der Waals surface area contributed by atoms with E-state index < -0.39 is 37.3 Å². The molecule has 3 unspecified atom stereocenters. The number of nitrogens with one attached hydrogen (secondary N) is 1. The van der Waals surface area contributed by atoms with Crippen LogP contribution in [0.2, 0.25) is 0 Å². The molecule has 5 N–H and O–H groups in total. The van der Waals surface area contributed by atoms with Crippen molar-refractivity contribution in [2.75, 3.05) is 11.9 Å². The van der Waals surface area contributed by atoms with E-state index in [0.717, 1.165) is 5.39 Å². The highest BCUT2D eigenvalue weighted by atomic mass is 16.6. The maximum absolute atomic E-state index is 11.7.